The number of carbonyl (C=O) groups is 1. The molecule has 0 unspecified atom stereocenters. The van der Waals surface area contributed by atoms with Gasteiger partial charge in [-0.2, -0.15) is 4.98 Å². The maximum absolute atomic E-state index is 11.4. The third kappa shape index (κ3) is 4.71. The van der Waals surface area contributed by atoms with E-state index in [2.05, 4.69) is 32.1 Å². The Bertz CT molecular complexity index is 793. The summed E-state index contributed by atoms with van der Waals surface area (Å²) in [4.78, 5) is 22.0. The number of halogens is 1. The minimum atomic E-state index is -0.243. The topological polar surface area (TPSA) is 79.4 Å². The van der Waals surface area contributed by atoms with Gasteiger partial charge in [0.1, 0.15) is 0 Å². The molecule has 1 aliphatic heterocycles. The zero-order chi connectivity index (χ0) is 18.4. The number of nitrogens with one attached hydrogen (secondary N) is 2. The van der Waals surface area contributed by atoms with Crippen molar-refractivity contribution in [2.75, 3.05) is 41.8 Å². The average Bonchev–Trinajstić information content (AvgIpc) is 2.67. The predicted octanol–water partition coefficient (Wildman–Crippen LogP) is 2.70. The first kappa shape index (κ1) is 18.2. The highest BCUT2D eigenvalue weighted by molar-refractivity contribution is 6.28. The maximum Gasteiger partial charge on any atom is 0.247 e. The van der Waals surface area contributed by atoms with E-state index < -0.39 is 0 Å². The largest absolute Gasteiger partial charge is 0.378 e. The first-order chi connectivity index (χ1) is 12.7. The molecule has 0 bridgehead atoms. The van der Waals surface area contributed by atoms with Crippen molar-refractivity contribution in [3.63, 3.8) is 0 Å². The highest BCUT2D eigenvalue weighted by Crippen LogP contribution is 2.26. The summed E-state index contributed by atoms with van der Waals surface area (Å²) in [7, 11) is 0. The Labute approximate surface area is 157 Å². The summed E-state index contributed by atoms with van der Waals surface area (Å²) >= 11 is 5.97. The van der Waals surface area contributed by atoms with Gasteiger partial charge in [0.2, 0.25) is 11.2 Å². The molecule has 1 saturated heterocycles. The van der Waals surface area contributed by atoms with Crippen LogP contribution in [0.2, 0.25) is 5.28 Å². The third-order valence-electron chi connectivity index (χ3n) is 3.93. The number of nitrogens with zero attached hydrogens (tertiary/aromatic N) is 3. The lowest BCUT2D eigenvalue weighted by molar-refractivity contribution is -0.111. The maximum atomic E-state index is 11.4. The molecule has 0 saturated carbocycles. The number of anilines is 3. The Morgan fingerprint density at radius 1 is 1.38 bits per heavy atom. The molecule has 1 fully saturated rings. The Hall–Kier alpha value is -2.64. The highest BCUT2D eigenvalue weighted by Gasteiger charge is 2.17. The van der Waals surface area contributed by atoms with E-state index in [0.29, 0.717) is 31.3 Å². The molecule has 1 aliphatic rings. The van der Waals surface area contributed by atoms with Gasteiger partial charge in [0.05, 0.1) is 25.1 Å². The van der Waals surface area contributed by atoms with Gasteiger partial charge in [0, 0.05) is 25.3 Å². The molecule has 0 aliphatic carbocycles. The van der Waals surface area contributed by atoms with E-state index in [4.69, 9.17) is 16.3 Å². The van der Waals surface area contributed by atoms with Crippen molar-refractivity contribution < 1.29 is 9.53 Å². The number of aromatic nitrogens is 2. The van der Waals surface area contributed by atoms with Crippen LogP contribution >= 0.6 is 11.6 Å². The van der Waals surface area contributed by atoms with Crippen LogP contribution in [0.15, 0.2) is 43.1 Å². The second-order valence-corrected chi connectivity index (χ2v) is 6.06. The molecular weight excluding hydrogens is 354 g/mol. The number of morpholine rings is 1. The van der Waals surface area contributed by atoms with E-state index in [0.717, 1.165) is 24.3 Å². The molecule has 2 aromatic rings. The van der Waals surface area contributed by atoms with Crippen molar-refractivity contribution >= 4 is 34.7 Å². The van der Waals surface area contributed by atoms with E-state index in [-0.39, 0.29) is 11.2 Å². The van der Waals surface area contributed by atoms with Crippen molar-refractivity contribution in [1.29, 1.82) is 0 Å². The van der Waals surface area contributed by atoms with Crippen LogP contribution in [0.25, 0.3) is 0 Å². The molecule has 0 radical (unpaired) electrons. The number of hydrogen-bond acceptors (Lipinski definition) is 6. The number of ether oxygens (including phenoxy) is 1. The first-order valence-corrected chi connectivity index (χ1v) is 8.65. The Morgan fingerprint density at radius 2 is 2.19 bits per heavy atom. The number of carbonyl (C=O) groups excluding carboxylic acids is 1. The predicted molar refractivity (Wildman–Crippen MR) is 103 cm³/mol. The van der Waals surface area contributed by atoms with Crippen LogP contribution in [0, 0.1) is 0 Å². The lowest BCUT2D eigenvalue weighted by Gasteiger charge is -2.29. The molecule has 7 nitrogen and oxygen atoms in total. The van der Waals surface area contributed by atoms with Crippen LogP contribution in [0.3, 0.4) is 0 Å². The Kier molecular flexibility index (Phi) is 6.04. The van der Waals surface area contributed by atoms with Gasteiger partial charge in [0.15, 0.2) is 5.82 Å². The molecule has 8 heteroatoms. The van der Waals surface area contributed by atoms with Crippen LogP contribution in [-0.4, -0.2) is 42.2 Å². The van der Waals surface area contributed by atoms with Gasteiger partial charge in [-0.3, -0.25) is 4.79 Å². The molecule has 0 spiro atoms. The van der Waals surface area contributed by atoms with Gasteiger partial charge in [-0.05, 0) is 35.4 Å². The standard InChI is InChI=1S/C18H20ClN5O2/c1-2-16(25)22-14-5-3-4-13(10-14)11-20-17-15(12-21-18(19)23-17)24-6-8-26-9-7-24/h2-5,10,12H,1,6-9,11H2,(H,22,25)(H,20,21,23). The Balaban J connectivity index is 1.73. The molecule has 3 rings (SSSR count). The summed E-state index contributed by atoms with van der Waals surface area (Å²) in [6.07, 6.45) is 2.96. The normalized spacial score (nSPS) is 14.0. The highest BCUT2D eigenvalue weighted by atomic mass is 35.5. The first-order valence-electron chi connectivity index (χ1n) is 8.27. The third-order valence-corrected chi connectivity index (χ3v) is 4.11. The summed E-state index contributed by atoms with van der Waals surface area (Å²) in [5.41, 5.74) is 2.60. The van der Waals surface area contributed by atoms with E-state index in [1.165, 1.54) is 6.08 Å². The molecular formula is C18H20ClN5O2. The van der Waals surface area contributed by atoms with Crippen molar-refractivity contribution in [2.45, 2.75) is 6.54 Å². The van der Waals surface area contributed by atoms with E-state index in [1.807, 2.05) is 24.3 Å². The van der Waals surface area contributed by atoms with E-state index in [1.54, 1.807) is 6.20 Å². The van der Waals surface area contributed by atoms with Gasteiger partial charge < -0.3 is 20.3 Å². The van der Waals surface area contributed by atoms with Crippen LogP contribution < -0.4 is 15.5 Å². The van der Waals surface area contributed by atoms with Crippen molar-refractivity contribution in [1.82, 2.24) is 9.97 Å². The average molecular weight is 374 g/mol. The van der Waals surface area contributed by atoms with Gasteiger partial charge in [-0.1, -0.05) is 18.7 Å². The second kappa shape index (κ2) is 8.64. The monoisotopic (exact) mass is 373 g/mol. The lowest BCUT2D eigenvalue weighted by Crippen LogP contribution is -2.36. The minimum absolute atomic E-state index is 0.191. The molecule has 136 valence electrons. The van der Waals surface area contributed by atoms with Gasteiger partial charge in [-0.25, -0.2) is 4.98 Å². The summed E-state index contributed by atoms with van der Waals surface area (Å²) in [5.74, 6) is 0.430. The minimum Gasteiger partial charge on any atom is -0.378 e. The summed E-state index contributed by atoms with van der Waals surface area (Å²) in [5, 5.41) is 6.25. The van der Waals surface area contributed by atoms with Crippen molar-refractivity contribution in [3.8, 4) is 0 Å². The van der Waals surface area contributed by atoms with Crippen LogP contribution in [0.5, 0.6) is 0 Å². The van der Waals surface area contributed by atoms with E-state index >= 15 is 0 Å². The van der Waals surface area contributed by atoms with Gasteiger partial charge in [0.25, 0.3) is 0 Å². The molecule has 1 amide bonds. The summed E-state index contributed by atoms with van der Waals surface area (Å²) in [6, 6.07) is 7.57. The number of amides is 1. The quantitative estimate of drug-likeness (QED) is 0.598. The lowest BCUT2D eigenvalue weighted by atomic mass is 10.2. The van der Waals surface area contributed by atoms with Gasteiger partial charge in [-0.15, -0.1) is 0 Å². The number of benzene rings is 1. The SMILES string of the molecule is C=CC(=O)Nc1cccc(CNc2nc(Cl)ncc2N2CCOCC2)c1. The fourth-order valence-electron chi connectivity index (χ4n) is 2.66. The molecule has 1 aromatic heterocycles. The molecule has 0 atom stereocenters. The molecule has 1 aromatic carbocycles. The van der Waals surface area contributed by atoms with Crippen LogP contribution in [0.4, 0.5) is 17.2 Å². The zero-order valence-corrected chi connectivity index (χ0v) is 15.0. The fourth-order valence-corrected chi connectivity index (χ4v) is 2.79. The summed E-state index contributed by atoms with van der Waals surface area (Å²) < 4.78 is 5.40. The van der Waals surface area contributed by atoms with E-state index in [9.17, 15) is 4.79 Å². The number of hydrogen-bond donors (Lipinski definition) is 2. The smallest absolute Gasteiger partial charge is 0.247 e. The number of rotatable bonds is 6. The zero-order valence-electron chi connectivity index (χ0n) is 14.2. The van der Waals surface area contributed by atoms with Crippen LogP contribution in [-0.2, 0) is 16.1 Å². The van der Waals surface area contributed by atoms with Gasteiger partial charge >= 0.3 is 0 Å². The second-order valence-electron chi connectivity index (χ2n) is 5.72. The molecule has 26 heavy (non-hydrogen) atoms. The molecule has 2 N–H and O–H groups in total. The molecule has 2 heterocycles. The summed E-state index contributed by atoms with van der Waals surface area (Å²) in [6.45, 7) is 6.89. The fraction of sp³-hybridized carbons (Fsp3) is 0.278. The Morgan fingerprint density at radius 3 is 2.96 bits per heavy atom. The van der Waals surface area contributed by atoms with Crippen molar-refractivity contribution in [2.24, 2.45) is 0 Å². The van der Waals surface area contributed by atoms with Crippen LogP contribution in [0.1, 0.15) is 5.56 Å². The van der Waals surface area contributed by atoms with Crippen molar-refractivity contribution in [3.05, 3.63) is 54.0 Å².